The van der Waals surface area contributed by atoms with Crippen LogP contribution in [-0.2, 0) is 24.4 Å². The first-order chi connectivity index (χ1) is 11.6. The molecule has 126 valence electrons. The van der Waals surface area contributed by atoms with E-state index in [4.69, 9.17) is 0 Å². The number of nitrogens with one attached hydrogen (secondary N) is 1. The Morgan fingerprint density at radius 2 is 2.00 bits per heavy atom. The van der Waals surface area contributed by atoms with E-state index in [0.717, 1.165) is 23.5 Å². The van der Waals surface area contributed by atoms with Crippen molar-refractivity contribution in [1.29, 1.82) is 0 Å². The van der Waals surface area contributed by atoms with Gasteiger partial charge in [0.2, 0.25) is 5.91 Å². The Balaban J connectivity index is 1.62. The minimum atomic E-state index is -0.128. The highest BCUT2D eigenvalue weighted by Gasteiger charge is 2.09. The maximum Gasteiger partial charge on any atom is 0.246 e. The van der Waals surface area contributed by atoms with Crippen LogP contribution in [0.15, 0.2) is 30.9 Å². The zero-order valence-corrected chi connectivity index (χ0v) is 14.1. The molecule has 0 fully saturated rings. The molecule has 0 radical (unpaired) electrons. The molecule has 1 amide bonds. The van der Waals surface area contributed by atoms with Crippen LogP contribution >= 0.6 is 0 Å². The largest absolute Gasteiger partial charge is 0.322 e. The lowest BCUT2D eigenvalue weighted by Crippen LogP contribution is -2.19. The molecule has 0 spiro atoms. The molecule has 8 heteroatoms. The predicted octanol–water partition coefficient (Wildman–Crippen LogP) is 1.60. The van der Waals surface area contributed by atoms with Gasteiger partial charge in [-0.2, -0.15) is 15.3 Å². The van der Waals surface area contributed by atoms with Crippen LogP contribution in [0.1, 0.15) is 23.9 Å². The van der Waals surface area contributed by atoms with Crippen LogP contribution in [-0.4, -0.2) is 35.2 Å². The number of aromatic nitrogens is 6. The number of carbonyl (C=O) groups is 1. The second-order valence-electron chi connectivity index (χ2n) is 5.68. The summed E-state index contributed by atoms with van der Waals surface area (Å²) >= 11 is 0. The van der Waals surface area contributed by atoms with Crippen LogP contribution in [0.5, 0.6) is 0 Å². The quantitative estimate of drug-likeness (QED) is 0.745. The van der Waals surface area contributed by atoms with Crippen LogP contribution < -0.4 is 5.32 Å². The molecule has 0 bridgehead atoms. The lowest BCUT2D eigenvalue weighted by atomic mass is 10.2. The molecule has 0 aromatic carbocycles. The fourth-order valence-corrected chi connectivity index (χ4v) is 2.55. The summed E-state index contributed by atoms with van der Waals surface area (Å²) in [5.74, 6) is -0.128. The molecule has 3 aromatic rings. The van der Waals surface area contributed by atoms with Crippen molar-refractivity contribution >= 4 is 11.6 Å². The van der Waals surface area contributed by atoms with E-state index in [1.807, 2.05) is 37.0 Å². The fourth-order valence-electron chi connectivity index (χ4n) is 2.55. The average molecular weight is 327 g/mol. The fraction of sp³-hybridized carbons (Fsp3) is 0.375. The van der Waals surface area contributed by atoms with E-state index < -0.39 is 0 Å². The van der Waals surface area contributed by atoms with Gasteiger partial charge in [-0.25, -0.2) is 0 Å². The van der Waals surface area contributed by atoms with Gasteiger partial charge in [-0.1, -0.05) is 0 Å². The molecule has 8 nitrogen and oxygen atoms in total. The van der Waals surface area contributed by atoms with Crippen molar-refractivity contribution in [3.8, 4) is 0 Å². The van der Waals surface area contributed by atoms with Gasteiger partial charge in [0.05, 0.1) is 24.6 Å². The third-order valence-electron chi connectivity index (χ3n) is 3.98. The van der Waals surface area contributed by atoms with Crippen LogP contribution in [0, 0.1) is 13.8 Å². The van der Waals surface area contributed by atoms with Crippen molar-refractivity contribution in [3.05, 3.63) is 47.8 Å². The van der Waals surface area contributed by atoms with Crippen LogP contribution in [0.2, 0.25) is 0 Å². The summed E-state index contributed by atoms with van der Waals surface area (Å²) in [5.41, 5.74) is 3.87. The molecule has 0 saturated heterocycles. The van der Waals surface area contributed by atoms with Crippen molar-refractivity contribution in [1.82, 2.24) is 29.3 Å². The molecule has 3 aromatic heterocycles. The van der Waals surface area contributed by atoms with Crippen LogP contribution in [0.4, 0.5) is 5.69 Å². The van der Waals surface area contributed by atoms with Gasteiger partial charge in [0.15, 0.2) is 0 Å². The van der Waals surface area contributed by atoms with Gasteiger partial charge in [0.1, 0.15) is 6.54 Å². The molecule has 0 saturated carbocycles. The lowest BCUT2D eigenvalue weighted by Gasteiger charge is -2.05. The Bertz CT molecular complexity index is 842. The molecule has 0 aliphatic heterocycles. The Morgan fingerprint density at radius 1 is 1.17 bits per heavy atom. The highest BCUT2D eigenvalue weighted by Crippen LogP contribution is 2.11. The molecule has 0 aliphatic carbocycles. The Hall–Kier alpha value is -2.90. The number of aryl methyl sites for hydroxylation is 2. The van der Waals surface area contributed by atoms with E-state index in [9.17, 15) is 4.79 Å². The third-order valence-corrected chi connectivity index (χ3v) is 3.98. The predicted molar refractivity (Wildman–Crippen MR) is 89.6 cm³/mol. The second kappa shape index (κ2) is 6.69. The second-order valence-corrected chi connectivity index (χ2v) is 5.68. The van der Waals surface area contributed by atoms with Crippen molar-refractivity contribution in [3.63, 3.8) is 0 Å². The number of hydrogen-bond acceptors (Lipinski definition) is 4. The minimum absolute atomic E-state index is 0.128. The summed E-state index contributed by atoms with van der Waals surface area (Å²) in [4.78, 5) is 12.1. The summed E-state index contributed by atoms with van der Waals surface area (Å²) < 4.78 is 5.40. The van der Waals surface area contributed by atoms with E-state index >= 15 is 0 Å². The topological polar surface area (TPSA) is 82.6 Å². The van der Waals surface area contributed by atoms with Crippen molar-refractivity contribution in [2.45, 2.75) is 40.4 Å². The number of amides is 1. The average Bonchev–Trinajstić information content (AvgIpc) is 3.24. The van der Waals surface area contributed by atoms with E-state index in [-0.39, 0.29) is 12.5 Å². The van der Waals surface area contributed by atoms with E-state index in [1.54, 1.807) is 21.8 Å². The zero-order valence-electron chi connectivity index (χ0n) is 14.1. The van der Waals surface area contributed by atoms with E-state index in [0.29, 0.717) is 12.2 Å². The number of carbonyl (C=O) groups excluding carboxylic acids is 1. The maximum atomic E-state index is 12.1. The monoisotopic (exact) mass is 327 g/mol. The number of nitrogens with zero attached hydrogens (tertiary/aromatic N) is 6. The van der Waals surface area contributed by atoms with Gasteiger partial charge >= 0.3 is 0 Å². The first-order valence-electron chi connectivity index (χ1n) is 7.89. The van der Waals surface area contributed by atoms with Gasteiger partial charge in [0.25, 0.3) is 0 Å². The Labute approximate surface area is 140 Å². The van der Waals surface area contributed by atoms with Gasteiger partial charge in [-0.05, 0) is 26.8 Å². The maximum absolute atomic E-state index is 12.1. The van der Waals surface area contributed by atoms with Gasteiger partial charge in [-0.3, -0.25) is 18.8 Å². The molecule has 0 aliphatic rings. The van der Waals surface area contributed by atoms with Gasteiger partial charge in [-0.15, -0.1) is 0 Å². The van der Waals surface area contributed by atoms with Gasteiger partial charge < -0.3 is 5.32 Å². The number of anilines is 1. The summed E-state index contributed by atoms with van der Waals surface area (Å²) in [7, 11) is 0. The Kier molecular flexibility index (Phi) is 4.45. The molecular weight excluding hydrogens is 306 g/mol. The third kappa shape index (κ3) is 3.37. The van der Waals surface area contributed by atoms with Crippen LogP contribution in [0.25, 0.3) is 0 Å². The SMILES string of the molecule is CCn1ncc(Cn2cc(NC(=O)Cn3nccc3C)cn2)c1C. The van der Waals surface area contributed by atoms with Crippen molar-refractivity contribution < 1.29 is 4.79 Å². The molecule has 3 heterocycles. The van der Waals surface area contributed by atoms with E-state index in [1.165, 1.54) is 0 Å². The first kappa shape index (κ1) is 16.0. The molecule has 24 heavy (non-hydrogen) atoms. The number of hydrogen-bond donors (Lipinski definition) is 1. The summed E-state index contributed by atoms with van der Waals surface area (Å²) in [6.07, 6.45) is 7.00. The Morgan fingerprint density at radius 3 is 2.67 bits per heavy atom. The standard InChI is InChI=1S/C16H21N7O/c1-4-22-13(3)14(7-19-22)9-21-10-15(8-18-21)20-16(24)11-23-12(2)5-6-17-23/h5-8,10H,4,9,11H2,1-3H3,(H,20,24). The lowest BCUT2D eigenvalue weighted by molar-refractivity contribution is -0.116. The molecule has 0 atom stereocenters. The smallest absolute Gasteiger partial charge is 0.246 e. The molecule has 0 unspecified atom stereocenters. The summed E-state index contributed by atoms with van der Waals surface area (Å²) in [6, 6.07) is 1.87. The minimum Gasteiger partial charge on any atom is -0.322 e. The van der Waals surface area contributed by atoms with Gasteiger partial charge in [0, 0.05) is 35.9 Å². The van der Waals surface area contributed by atoms with Crippen molar-refractivity contribution in [2.24, 2.45) is 0 Å². The van der Waals surface area contributed by atoms with Crippen molar-refractivity contribution in [2.75, 3.05) is 5.32 Å². The summed E-state index contributed by atoms with van der Waals surface area (Å²) in [5, 5.41) is 15.6. The highest BCUT2D eigenvalue weighted by atomic mass is 16.2. The molecule has 1 N–H and O–H groups in total. The summed E-state index contributed by atoms with van der Waals surface area (Å²) in [6.45, 7) is 7.68. The first-order valence-corrected chi connectivity index (χ1v) is 7.89. The van der Waals surface area contributed by atoms with Crippen LogP contribution in [0.3, 0.4) is 0 Å². The molecule has 3 rings (SSSR count). The highest BCUT2D eigenvalue weighted by molar-refractivity contribution is 5.90. The van der Waals surface area contributed by atoms with E-state index in [2.05, 4.69) is 27.5 Å². The number of rotatable bonds is 6. The normalized spacial score (nSPS) is 11.0. The zero-order chi connectivity index (χ0) is 17.1. The molecular formula is C16H21N7O.